The summed E-state index contributed by atoms with van der Waals surface area (Å²) in [5, 5.41) is 6.25. The van der Waals surface area contributed by atoms with Crippen molar-refractivity contribution in [2.45, 2.75) is 25.3 Å². The molecular formula is C15H17N. The predicted molar refractivity (Wildman–Crippen MR) is 68.7 cm³/mol. The van der Waals surface area contributed by atoms with Crippen LogP contribution >= 0.6 is 0 Å². The van der Waals surface area contributed by atoms with Gasteiger partial charge in [-0.3, -0.25) is 0 Å². The van der Waals surface area contributed by atoms with Gasteiger partial charge >= 0.3 is 0 Å². The lowest BCUT2D eigenvalue weighted by atomic mass is 10.0. The molecule has 1 heteroatoms. The molecule has 1 nitrogen and oxygen atoms in total. The van der Waals surface area contributed by atoms with Gasteiger partial charge in [-0.1, -0.05) is 42.5 Å². The molecule has 16 heavy (non-hydrogen) atoms. The quantitative estimate of drug-likeness (QED) is 0.804. The summed E-state index contributed by atoms with van der Waals surface area (Å²) in [4.78, 5) is 0. The van der Waals surface area contributed by atoms with Crippen LogP contribution in [0.1, 0.15) is 18.4 Å². The van der Waals surface area contributed by atoms with Gasteiger partial charge in [0, 0.05) is 6.04 Å². The standard InChI is InChI=1S/C15H17N/c1-2-5-14-10-12(7-8-13(14)4-1)11-15-6-3-9-16-15/h1-2,4-5,7-8,10,15-16H,3,6,9,11H2/t15-/m1/s1. The minimum atomic E-state index is 0.696. The average Bonchev–Trinajstić information content (AvgIpc) is 2.82. The van der Waals surface area contributed by atoms with Crippen LogP contribution in [0.15, 0.2) is 42.5 Å². The Kier molecular flexibility index (Phi) is 2.63. The van der Waals surface area contributed by atoms with Crippen LogP contribution in [0.4, 0.5) is 0 Å². The maximum atomic E-state index is 3.55. The van der Waals surface area contributed by atoms with Crippen molar-refractivity contribution in [3.8, 4) is 0 Å². The molecule has 2 aromatic rings. The number of rotatable bonds is 2. The third-order valence-corrected chi connectivity index (χ3v) is 3.46. The largest absolute Gasteiger partial charge is 0.314 e. The van der Waals surface area contributed by atoms with Crippen LogP contribution in [-0.4, -0.2) is 12.6 Å². The molecule has 0 aromatic heterocycles. The highest BCUT2D eigenvalue weighted by Gasteiger charge is 2.14. The molecule has 0 amide bonds. The maximum absolute atomic E-state index is 3.55. The molecule has 1 saturated heterocycles. The molecule has 82 valence electrons. The molecule has 0 saturated carbocycles. The lowest BCUT2D eigenvalue weighted by molar-refractivity contribution is 0.603. The van der Waals surface area contributed by atoms with Gasteiger partial charge in [0.15, 0.2) is 0 Å². The summed E-state index contributed by atoms with van der Waals surface area (Å²) in [5.41, 5.74) is 1.46. The molecule has 2 aromatic carbocycles. The molecule has 0 radical (unpaired) electrons. The fourth-order valence-corrected chi connectivity index (χ4v) is 2.58. The number of fused-ring (bicyclic) bond motifs is 1. The van der Waals surface area contributed by atoms with Gasteiger partial charge in [0.25, 0.3) is 0 Å². The van der Waals surface area contributed by atoms with E-state index in [1.54, 1.807) is 0 Å². The van der Waals surface area contributed by atoms with Crippen molar-refractivity contribution in [2.24, 2.45) is 0 Å². The van der Waals surface area contributed by atoms with Gasteiger partial charge < -0.3 is 5.32 Å². The summed E-state index contributed by atoms with van der Waals surface area (Å²) in [7, 11) is 0. The van der Waals surface area contributed by atoms with Crippen LogP contribution in [0, 0.1) is 0 Å². The van der Waals surface area contributed by atoms with E-state index in [0.717, 1.165) is 0 Å². The van der Waals surface area contributed by atoms with Crippen LogP contribution in [0.5, 0.6) is 0 Å². The predicted octanol–water partition coefficient (Wildman–Crippen LogP) is 3.13. The fourth-order valence-electron chi connectivity index (χ4n) is 2.58. The molecule has 1 aliphatic heterocycles. The molecule has 1 fully saturated rings. The molecule has 0 bridgehead atoms. The Balaban J connectivity index is 1.86. The Bertz CT molecular complexity index is 484. The lowest BCUT2D eigenvalue weighted by Gasteiger charge is -2.10. The van der Waals surface area contributed by atoms with Crippen molar-refractivity contribution < 1.29 is 0 Å². The van der Waals surface area contributed by atoms with Crippen molar-refractivity contribution >= 4 is 10.8 Å². The minimum Gasteiger partial charge on any atom is -0.314 e. The Morgan fingerprint density at radius 2 is 1.94 bits per heavy atom. The van der Waals surface area contributed by atoms with E-state index < -0.39 is 0 Å². The molecule has 0 unspecified atom stereocenters. The second kappa shape index (κ2) is 4.26. The van der Waals surface area contributed by atoms with E-state index in [2.05, 4.69) is 47.8 Å². The molecule has 0 spiro atoms. The molecular weight excluding hydrogens is 194 g/mol. The Morgan fingerprint density at radius 1 is 1.06 bits per heavy atom. The molecule has 1 aliphatic rings. The monoisotopic (exact) mass is 211 g/mol. The highest BCUT2D eigenvalue weighted by molar-refractivity contribution is 5.82. The molecule has 1 heterocycles. The zero-order chi connectivity index (χ0) is 10.8. The van der Waals surface area contributed by atoms with Crippen LogP contribution in [-0.2, 0) is 6.42 Å². The van der Waals surface area contributed by atoms with Gasteiger partial charge in [0.2, 0.25) is 0 Å². The van der Waals surface area contributed by atoms with Gasteiger partial charge in [0.1, 0.15) is 0 Å². The summed E-state index contributed by atoms with van der Waals surface area (Å²) >= 11 is 0. The summed E-state index contributed by atoms with van der Waals surface area (Å²) < 4.78 is 0. The minimum absolute atomic E-state index is 0.696. The summed E-state index contributed by atoms with van der Waals surface area (Å²) in [6.07, 6.45) is 3.83. The third-order valence-electron chi connectivity index (χ3n) is 3.46. The topological polar surface area (TPSA) is 12.0 Å². The lowest BCUT2D eigenvalue weighted by Crippen LogP contribution is -2.23. The molecule has 1 atom stereocenters. The molecule has 3 rings (SSSR count). The maximum Gasteiger partial charge on any atom is 0.0108 e. The first-order valence-corrected chi connectivity index (χ1v) is 6.13. The SMILES string of the molecule is c1ccc2cc(C[C@H]3CCCN3)ccc2c1. The number of benzene rings is 2. The number of hydrogen-bond acceptors (Lipinski definition) is 1. The molecule has 0 aliphatic carbocycles. The van der Waals surface area contributed by atoms with E-state index in [1.165, 1.54) is 42.1 Å². The second-order valence-corrected chi connectivity index (χ2v) is 4.68. The first-order chi connectivity index (χ1) is 7.92. The third kappa shape index (κ3) is 1.96. The van der Waals surface area contributed by atoms with Gasteiger partial charge in [0.05, 0.1) is 0 Å². The van der Waals surface area contributed by atoms with E-state index in [4.69, 9.17) is 0 Å². The van der Waals surface area contributed by atoms with Crippen molar-refractivity contribution in [3.05, 3.63) is 48.0 Å². The van der Waals surface area contributed by atoms with Crippen molar-refractivity contribution in [1.29, 1.82) is 0 Å². The van der Waals surface area contributed by atoms with Crippen molar-refractivity contribution in [1.82, 2.24) is 5.32 Å². The zero-order valence-corrected chi connectivity index (χ0v) is 9.45. The fraction of sp³-hybridized carbons (Fsp3) is 0.333. The van der Waals surface area contributed by atoms with Crippen molar-refractivity contribution in [3.63, 3.8) is 0 Å². The van der Waals surface area contributed by atoms with E-state index in [1.807, 2.05) is 0 Å². The smallest absolute Gasteiger partial charge is 0.0108 e. The van der Waals surface area contributed by atoms with Crippen molar-refractivity contribution in [2.75, 3.05) is 6.54 Å². The second-order valence-electron chi connectivity index (χ2n) is 4.68. The first kappa shape index (κ1) is 9.86. The summed E-state index contributed by atoms with van der Waals surface area (Å²) in [5.74, 6) is 0. The van der Waals surface area contributed by atoms with Crippen LogP contribution < -0.4 is 5.32 Å². The highest BCUT2D eigenvalue weighted by atomic mass is 14.9. The van der Waals surface area contributed by atoms with Crippen LogP contribution in [0.25, 0.3) is 10.8 Å². The van der Waals surface area contributed by atoms with E-state index in [-0.39, 0.29) is 0 Å². The number of hydrogen-bond donors (Lipinski definition) is 1. The average molecular weight is 211 g/mol. The van der Waals surface area contributed by atoms with Gasteiger partial charge in [-0.15, -0.1) is 0 Å². The van der Waals surface area contributed by atoms with E-state index in [9.17, 15) is 0 Å². The zero-order valence-electron chi connectivity index (χ0n) is 9.45. The highest BCUT2D eigenvalue weighted by Crippen LogP contribution is 2.18. The van der Waals surface area contributed by atoms with E-state index in [0.29, 0.717) is 6.04 Å². The van der Waals surface area contributed by atoms with E-state index >= 15 is 0 Å². The normalized spacial score (nSPS) is 20.4. The Morgan fingerprint density at radius 3 is 2.75 bits per heavy atom. The first-order valence-electron chi connectivity index (χ1n) is 6.13. The summed E-state index contributed by atoms with van der Waals surface area (Å²) in [6, 6.07) is 16.1. The molecule has 1 N–H and O–H groups in total. The summed E-state index contributed by atoms with van der Waals surface area (Å²) in [6.45, 7) is 1.19. The van der Waals surface area contributed by atoms with Gasteiger partial charge in [-0.25, -0.2) is 0 Å². The van der Waals surface area contributed by atoms with Gasteiger partial charge in [-0.2, -0.15) is 0 Å². The Labute approximate surface area is 96.5 Å². The van der Waals surface area contributed by atoms with Gasteiger partial charge in [-0.05, 0) is 42.1 Å². The number of nitrogens with one attached hydrogen (secondary N) is 1. The van der Waals surface area contributed by atoms with Crippen LogP contribution in [0.2, 0.25) is 0 Å². The Hall–Kier alpha value is -1.34. The van der Waals surface area contributed by atoms with Crippen LogP contribution in [0.3, 0.4) is 0 Å².